The number of aromatic nitrogens is 1. The van der Waals surface area contributed by atoms with Crippen molar-refractivity contribution in [3.05, 3.63) is 58.9 Å². The zero-order valence-corrected chi connectivity index (χ0v) is 12.0. The minimum atomic E-state index is -0.102. The molecular weight excluding hydrogens is 274 g/mol. The van der Waals surface area contributed by atoms with Gasteiger partial charge in [0.1, 0.15) is 0 Å². The van der Waals surface area contributed by atoms with Crippen LogP contribution in [-0.2, 0) is 6.42 Å². The monoisotopic (exact) mass is 289 g/mol. The third-order valence-corrected chi connectivity index (χ3v) is 3.16. The Morgan fingerprint density at radius 2 is 2.15 bits per heavy atom. The molecule has 0 atom stereocenters. The number of nitrogens with zero attached hydrogens (tertiary/aromatic N) is 2. The van der Waals surface area contributed by atoms with Crippen LogP contribution >= 0.6 is 11.6 Å². The Hall–Kier alpha value is -2.07. The lowest BCUT2D eigenvalue weighted by atomic mass is 10.1. The molecule has 104 valence electrons. The predicted molar refractivity (Wildman–Crippen MR) is 80.8 cm³/mol. The van der Waals surface area contributed by atoms with Gasteiger partial charge in [0.05, 0.1) is 0 Å². The van der Waals surface area contributed by atoms with Crippen molar-refractivity contribution in [2.45, 2.75) is 6.42 Å². The largest absolute Gasteiger partial charge is 0.399 e. The van der Waals surface area contributed by atoms with Gasteiger partial charge < -0.3 is 10.6 Å². The highest BCUT2D eigenvalue weighted by Gasteiger charge is 2.13. The summed E-state index contributed by atoms with van der Waals surface area (Å²) in [4.78, 5) is 18.1. The molecule has 0 unspecified atom stereocenters. The molecule has 1 aromatic carbocycles. The fraction of sp³-hybridized carbons (Fsp3) is 0.200. The molecule has 0 aliphatic carbocycles. The van der Waals surface area contributed by atoms with Crippen molar-refractivity contribution < 1.29 is 4.79 Å². The number of carbonyl (C=O) groups is 1. The van der Waals surface area contributed by atoms with Gasteiger partial charge in [0.25, 0.3) is 5.91 Å². The van der Waals surface area contributed by atoms with Crippen molar-refractivity contribution in [3.8, 4) is 0 Å². The molecule has 0 fully saturated rings. The summed E-state index contributed by atoms with van der Waals surface area (Å²) in [6.07, 6.45) is 2.45. The molecule has 1 heterocycles. The molecule has 0 saturated carbocycles. The number of halogens is 1. The summed E-state index contributed by atoms with van der Waals surface area (Å²) in [6, 6.07) is 10.6. The fourth-order valence-corrected chi connectivity index (χ4v) is 2.13. The molecule has 1 amide bonds. The lowest BCUT2D eigenvalue weighted by molar-refractivity contribution is 0.0796. The van der Waals surface area contributed by atoms with E-state index in [0.717, 1.165) is 5.69 Å². The van der Waals surface area contributed by atoms with Crippen LogP contribution in [0.3, 0.4) is 0 Å². The minimum absolute atomic E-state index is 0.102. The van der Waals surface area contributed by atoms with Gasteiger partial charge in [-0.25, -0.2) is 0 Å². The van der Waals surface area contributed by atoms with Gasteiger partial charge in [-0.05, 0) is 30.3 Å². The molecule has 0 aliphatic rings. The Labute approximate surface area is 123 Å². The van der Waals surface area contributed by atoms with E-state index in [2.05, 4.69) is 4.98 Å². The lowest BCUT2D eigenvalue weighted by Crippen LogP contribution is -2.29. The van der Waals surface area contributed by atoms with Crippen molar-refractivity contribution in [1.29, 1.82) is 0 Å². The summed E-state index contributed by atoms with van der Waals surface area (Å²) in [5, 5.41) is 0.464. The zero-order valence-electron chi connectivity index (χ0n) is 11.2. The normalized spacial score (nSPS) is 10.3. The van der Waals surface area contributed by atoms with Crippen LogP contribution in [0.1, 0.15) is 16.1 Å². The molecule has 0 aliphatic heterocycles. The lowest BCUT2D eigenvalue weighted by Gasteiger charge is -2.17. The summed E-state index contributed by atoms with van der Waals surface area (Å²) < 4.78 is 0. The number of nitrogens with two attached hydrogens (primary N) is 1. The molecule has 0 spiro atoms. The van der Waals surface area contributed by atoms with Crippen molar-refractivity contribution in [2.75, 3.05) is 19.3 Å². The highest BCUT2D eigenvalue weighted by molar-refractivity contribution is 6.31. The third kappa shape index (κ3) is 3.71. The molecule has 2 aromatic rings. The van der Waals surface area contributed by atoms with Crippen LogP contribution in [0.5, 0.6) is 0 Å². The standard InChI is InChI=1S/C15H16ClN3O/c1-19(7-5-14-4-2-3-6-18-14)15(20)11-8-12(16)10-13(17)9-11/h2-4,6,8-10H,5,7,17H2,1H3. The first-order chi connectivity index (χ1) is 9.56. The summed E-state index contributed by atoms with van der Waals surface area (Å²) in [5.74, 6) is -0.102. The van der Waals surface area contributed by atoms with Crippen LogP contribution in [-0.4, -0.2) is 29.4 Å². The predicted octanol–water partition coefficient (Wildman–Crippen LogP) is 2.63. The molecule has 1 aromatic heterocycles. The average molecular weight is 290 g/mol. The van der Waals surface area contributed by atoms with E-state index in [1.807, 2.05) is 18.2 Å². The van der Waals surface area contributed by atoms with Crippen LogP contribution in [0.15, 0.2) is 42.6 Å². The van der Waals surface area contributed by atoms with Gasteiger partial charge in [0.15, 0.2) is 0 Å². The van der Waals surface area contributed by atoms with Gasteiger partial charge in [-0.1, -0.05) is 17.7 Å². The van der Waals surface area contributed by atoms with Gasteiger partial charge in [-0.15, -0.1) is 0 Å². The Bertz CT molecular complexity index is 581. The molecule has 20 heavy (non-hydrogen) atoms. The smallest absolute Gasteiger partial charge is 0.253 e. The summed E-state index contributed by atoms with van der Waals surface area (Å²) in [7, 11) is 1.75. The van der Waals surface area contributed by atoms with Crippen LogP contribution < -0.4 is 5.73 Å². The summed E-state index contributed by atoms with van der Waals surface area (Å²) >= 11 is 5.91. The number of carbonyl (C=O) groups excluding carboxylic acids is 1. The molecule has 0 bridgehead atoms. The second-order valence-corrected chi connectivity index (χ2v) is 5.01. The summed E-state index contributed by atoms with van der Waals surface area (Å²) in [5.41, 5.74) is 7.64. The van der Waals surface area contributed by atoms with Crippen LogP contribution in [0.4, 0.5) is 5.69 Å². The van der Waals surface area contributed by atoms with Crippen molar-refractivity contribution in [2.24, 2.45) is 0 Å². The summed E-state index contributed by atoms with van der Waals surface area (Å²) in [6.45, 7) is 0.586. The average Bonchev–Trinajstić information content (AvgIpc) is 2.44. The maximum Gasteiger partial charge on any atom is 0.253 e. The number of likely N-dealkylation sites (N-methyl/N-ethyl adjacent to an activating group) is 1. The number of anilines is 1. The van der Waals surface area contributed by atoms with Crippen LogP contribution in [0.2, 0.25) is 5.02 Å². The first kappa shape index (κ1) is 14.3. The highest BCUT2D eigenvalue weighted by atomic mass is 35.5. The molecule has 4 nitrogen and oxygen atoms in total. The van der Waals surface area contributed by atoms with E-state index in [1.54, 1.807) is 36.3 Å². The second-order valence-electron chi connectivity index (χ2n) is 4.57. The van der Waals surface area contributed by atoms with E-state index in [0.29, 0.717) is 29.2 Å². The number of rotatable bonds is 4. The Morgan fingerprint density at radius 3 is 2.80 bits per heavy atom. The van der Waals surface area contributed by atoms with Crippen molar-refractivity contribution >= 4 is 23.2 Å². The number of benzene rings is 1. The zero-order chi connectivity index (χ0) is 14.5. The van der Waals surface area contributed by atoms with E-state index in [1.165, 1.54) is 0 Å². The first-order valence-corrected chi connectivity index (χ1v) is 6.65. The van der Waals surface area contributed by atoms with E-state index >= 15 is 0 Å². The van der Waals surface area contributed by atoms with Gasteiger partial charge in [-0.2, -0.15) is 0 Å². The number of hydrogen-bond acceptors (Lipinski definition) is 3. The Kier molecular flexibility index (Phi) is 4.58. The molecular formula is C15H16ClN3O. The molecule has 2 rings (SSSR count). The fourth-order valence-electron chi connectivity index (χ4n) is 1.89. The quantitative estimate of drug-likeness (QED) is 0.880. The molecule has 5 heteroatoms. The maximum atomic E-state index is 12.3. The Morgan fingerprint density at radius 1 is 1.35 bits per heavy atom. The maximum absolute atomic E-state index is 12.3. The van der Waals surface area contributed by atoms with E-state index in [-0.39, 0.29) is 5.91 Å². The third-order valence-electron chi connectivity index (χ3n) is 2.94. The molecule has 2 N–H and O–H groups in total. The van der Waals surface area contributed by atoms with E-state index in [4.69, 9.17) is 17.3 Å². The van der Waals surface area contributed by atoms with Gasteiger partial charge in [-0.3, -0.25) is 9.78 Å². The van der Waals surface area contributed by atoms with Crippen LogP contribution in [0, 0.1) is 0 Å². The molecule has 0 radical (unpaired) electrons. The topological polar surface area (TPSA) is 59.2 Å². The second kappa shape index (κ2) is 6.39. The number of nitrogen functional groups attached to an aromatic ring is 1. The first-order valence-electron chi connectivity index (χ1n) is 6.27. The number of amides is 1. The van der Waals surface area contributed by atoms with Crippen molar-refractivity contribution in [3.63, 3.8) is 0 Å². The van der Waals surface area contributed by atoms with Gasteiger partial charge in [0, 0.05) is 48.2 Å². The van der Waals surface area contributed by atoms with Gasteiger partial charge >= 0.3 is 0 Å². The minimum Gasteiger partial charge on any atom is -0.399 e. The van der Waals surface area contributed by atoms with E-state index in [9.17, 15) is 4.79 Å². The Balaban J connectivity index is 2.01. The SMILES string of the molecule is CN(CCc1ccccn1)C(=O)c1cc(N)cc(Cl)c1. The van der Waals surface area contributed by atoms with Crippen LogP contribution in [0.25, 0.3) is 0 Å². The number of pyridine rings is 1. The van der Waals surface area contributed by atoms with Crippen molar-refractivity contribution in [1.82, 2.24) is 9.88 Å². The molecule has 0 saturated heterocycles. The number of hydrogen-bond donors (Lipinski definition) is 1. The highest BCUT2D eigenvalue weighted by Crippen LogP contribution is 2.17. The van der Waals surface area contributed by atoms with Gasteiger partial charge in [0.2, 0.25) is 0 Å². The van der Waals surface area contributed by atoms with E-state index < -0.39 is 0 Å².